The van der Waals surface area contributed by atoms with E-state index in [1.807, 2.05) is 0 Å². The van der Waals surface area contributed by atoms with Crippen LogP contribution in [0.3, 0.4) is 0 Å². The molecule has 2 rings (SSSR count). The summed E-state index contributed by atoms with van der Waals surface area (Å²) < 4.78 is 19.4. The zero-order valence-corrected chi connectivity index (χ0v) is 10.6. The Bertz CT molecular complexity index is 476. The summed E-state index contributed by atoms with van der Waals surface area (Å²) in [6.07, 6.45) is 2.63. The van der Waals surface area contributed by atoms with Crippen LogP contribution >= 0.6 is 0 Å². The SMILES string of the molecule is COc1cc(C)c(F)c(C2(C(=O)O)CCCC2)c1. The third-order valence-corrected chi connectivity index (χ3v) is 3.85. The van der Waals surface area contributed by atoms with Crippen molar-refractivity contribution in [2.75, 3.05) is 7.11 Å². The van der Waals surface area contributed by atoms with E-state index in [9.17, 15) is 14.3 Å². The second-order valence-corrected chi connectivity index (χ2v) is 4.90. The molecule has 3 nitrogen and oxygen atoms in total. The van der Waals surface area contributed by atoms with Gasteiger partial charge in [-0.15, -0.1) is 0 Å². The van der Waals surface area contributed by atoms with E-state index < -0.39 is 17.2 Å². The van der Waals surface area contributed by atoms with Gasteiger partial charge < -0.3 is 9.84 Å². The van der Waals surface area contributed by atoms with Gasteiger partial charge in [-0.1, -0.05) is 12.8 Å². The number of ether oxygens (including phenoxy) is 1. The lowest BCUT2D eigenvalue weighted by Crippen LogP contribution is -2.33. The smallest absolute Gasteiger partial charge is 0.314 e. The van der Waals surface area contributed by atoms with E-state index in [1.54, 1.807) is 13.0 Å². The van der Waals surface area contributed by atoms with Gasteiger partial charge in [0.1, 0.15) is 11.6 Å². The van der Waals surface area contributed by atoms with Crippen molar-refractivity contribution in [1.82, 2.24) is 0 Å². The second-order valence-electron chi connectivity index (χ2n) is 4.90. The lowest BCUT2D eigenvalue weighted by Gasteiger charge is -2.26. The van der Waals surface area contributed by atoms with Gasteiger partial charge in [0.05, 0.1) is 12.5 Å². The summed E-state index contributed by atoms with van der Waals surface area (Å²) in [7, 11) is 1.50. The van der Waals surface area contributed by atoms with Gasteiger partial charge in [-0.3, -0.25) is 4.79 Å². The summed E-state index contributed by atoms with van der Waals surface area (Å²) in [6, 6.07) is 3.12. The number of aliphatic carboxylic acids is 1. The van der Waals surface area contributed by atoms with Gasteiger partial charge in [0.2, 0.25) is 0 Å². The average molecular weight is 252 g/mol. The molecule has 0 heterocycles. The first-order valence-electron chi connectivity index (χ1n) is 6.09. The first kappa shape index (κ1) is 12.9. The summed E-state index contributed by atoms with van der Waals surface area (Å²) in [6.45, 7) is 1.63. The lowest BCUT2D eigenvalue weighted by atomic mass is 9.78. The number of hydrogen-bond donors (Lipinski definition) is 1. The van der Waals surface area contributed by atoms with Crippen LogP contribution in [0.5, 0.6) is 5.75 Å². The van der Waals surface area contributed by atoms with Crippen LogP contribution in [-0.2, 0) is 10.2 Å². The highest BCUT2D eigenvalue weighted by Crippen LogP contribution is 2.44. The number of halogens is 1. The van der Waals surface area contributed by atoms with E-state index in [1.165, 1.54) is 13.2 Å². The minimum atomic E-state index is -1.08. The topological polar surface area (TPSA) is 46.5 Å². The highest BCUT2D eigenvalue weighted by molar-refractivity contribution is 5.82. The molecule has 1 aliphatic rings. The summed E-state index contributed by atoms with van der Waals surface area (Å²) >= 11 is 0. The summed E-state index contributed by atoms with van der Waals surface area (Å²) in [5.41, 5.74) is -0.384. The Balaban J connectivity index is 2.61. The number of hydrogen-bond acceptors (Lipinski definition) is 2. The molecule has 0 spiro atoms. The number of benzene rings is 1. The molecular weight excluding hydrogens is 235 g/mol. The maximum Gasteiger partial charge on any atom is 0.314 e. The molecule has 1 N–H and O–H groups in total. The Labute approximate surface area is 106 Å². The molecule has 0 atom stereocenters. The Hall–Kier alpha value is -1.58. The van der Waals surface area contributed by atoms with Crippen molar-refractivity contribution in [3.8, 4) is 5.75 Å². The molecule has 0 radical (unpaired) electrons. The fourth-order valence-corrected chi connectivity index (χ4v) is 2.78. The van der Waals surface area contributed by atoms with Gasteiger partial charge >= 0.3 is 5.97 Å². The molecular formula is C14H17FO3. The molecule has 1 aromatic rings. The number of methoxy groups -OCH3 is 1. The minimum Gasteiger partial charge on any atom is -0.497 e. The molecule has 0 aromatic heterocycles. The van der Waals surface area contributed by atoms with E-state index in [0.29, 0.717) is 24.2 Å². The van der Waals surface area contributed by atoms with Crippen LogP contribution in [0.25, 0.3) is 0 Å². The molecule has 0 aliphatic heterocycles. The first-order chi connectivity index (χ1) is 8.51. The molecule has 98 valence electrons. The number of carboxylic acids is 1. The third kappa shape index (κ3) is 1.85. The molecule has 18 heavy (non-hydrogen) atoms. The van der Waals surface area contributed by atoms with Crippen molar-refractivity contribution >= 4 is 5.97 Å². The minimum absolute atomic E-state index is 0.268. The van der Waals surface area contributed by atoms with E-state index in [2.05, 4.69) is 0 Å². The molecule has 0 unspecified atom stereocenters. The molecule has 4 heteroatoms. The largest absolute Gasteiger partial charge is 0.497 e. The molecule has 1 saturated carbocycles. The van der Waals surface area contributed by atoms with E-state index in [-0.39, 0.29) is 5.56 Å². The van der Waals surface area contributed by atoms with Crippen molar-refractivity contribution in [2.24, 2.45) is 0 Å². The molecule has 1 aliphatic carbocycles. The van der Waals surface area contributed by atoms with Gasteiger partial charge in [-0.05, 0) is 37.5 Å². The molecule has 0 amide bonds. The summed E-state index contributed by atoms with van der Waals surface area (Å²) in [4.78, 5) is 11.6. The number of carbonyl (C=O) groups is 1. The van der Waals surface area contributed by atoms with Crippen molar-refractivity contribution in [3.63, 3.8) is 0 Å². The maximum absolute atomic E-state index is 14.3. The van der Waals surface area contributed by atoms with Crippen LogP contribution in [-0.4, -0.2) is 18.2 Å². The molecule has 0 saturated heterocycles. The standard InChI is InChI=1S/C14H17FO3/c1-9-7-10(18-2)8-11(12(9)15)14(13(16)17)5-3-4-6-14/h7-8H,3-6H2,1-2H3,(H,16,17). The van der Waals surface area contributed by atoms with Gasteiger partial charge in [0.25, 0.3) is 0 Å². The summed E-state index contributed by atoms with van der Waals surface area (Å²) in [5.74, 6) is -0.844. The van der Waals surface area contributed by atoms with Crippen molar-refractivity contribution in [3.05, 3.63) is 29.1 Å². The van der Waals surface area contributed by atoms with Crippen LogP contribution in [0.4, 0.5) is 4.39 Å². The Morgan fingerprint density at radius 1 is 1.39 bits per heavy atom. The number of aryl methyl sites for hydroxylation is 1. The lowest BCUT2D eigenvalue weighted by molar-refractivity contribution is -0.143. The van der Waals surface area contributed by atoms with Gasteiger partial charge in [0, 0.05) is 5.56 Å². The predicted octanol–water partition coefficient (Wildman–Crippen LogP) is 3.04. The zero-order valence-electron chi connectivity index (χ0n) is 10.6. The third-order valence-electron chi connectivity index (χ3n) is 3.85. The van der Waals surface area contributed by atoms with E-state index in [4.69, 9.17) is 4.74 Å². The number of rotatable bonds is 3. The Morgan fingerprint density at radius 3 is 2.50 bits per heavy atom. The van der Waals surface area contributed by atoms with Gasteiger partial charge in [-0.2, -0.15) is 0 Å². The fraction of sp³-hybridized carbons (Fsp3) is 0.500. The van der Waals surface area contributed by atoms with E-state index >= 15 is 0 Å². The van der Waals surface area contributed by atoms with Gasteiger partial charge in [0.15, 0.2) is 0 Å². The predicted molar refractivity (Wildman–Crippen MR) is 65.5 cm³/mol. The molecule has 0 bridgehead atoms. The fourth-order valence-electron chi connectivity index (χ4n) is 2.78. The van der Waals surface area contributed by atoms with Crippen LogP contribution in [0.2, 0.25) is 0 Å². The van der Waals surface area contributed by atoms with Crippen molar-refractivity contribution < 1.29 is 19.0 Å². The van der Waals surface area contributed by atoms with Crippen LogP contribution < -0.4 is 4.74 Å². The quantitative estimate of drug-likeness (QED) is 0.899. The Kier molecular flexibility index (Phi) is 3.28. The van der Waals surface area contributed by atoms with Crippen LogP contribution in [0.15, 0.2) is 12.1 Å². The second kappa shape index (κ2) is 4.59. The maximum atomic E-state index is 14.3. The van der Waals surface area contributed by atoms with Crippen LogP contribution in [0.1, 0.15) is 36.8 Å². The number of carboxylic acid groups (broad SMARTS) is 1. The van der Waals surface area contributed by atoms with E-state index in [0.717, 1.165) is 12.8 Å². The van der Waals surface area contributed by atoms with Crippen molar-refractivity contribution in [2.45, 2.75) is 38.0 Å². The highest BCUT2D eigenvalue weighted by atomic mass is 19.1. The Morgan fingerprint density at radius 2 is 2.00 bits per heavy atom. The van der Waals surface area contributed by atoms with Crippen LogP contribution in [0, 0.1) is 12.7 Å². The average Bonchev–Trinajstić information content (AvgIpc) is 2.82. The molecule has 1 fully saturated rings. The normalized spacial score (nSPS) is 17.7. The zero-order chi connectivity index (χ0) is 13.3. The van der Waals surface area contributed by atoms with Gasteiger partial charge in [-0.25, -0.2) is 4.39 Å². The summed E-state index contributed by atoms with van der Waals surface area (Å²) in [5, 5.41) is 9.49. The van der Waals surface area contributed by atoms with Crippen molar-refractivity contribution in [1.29, 1.82) is 0 Å². The highest BCUT2D eigenvalue weighted by Gasteiger charge is 2.45. The molecule has 1 aromatic carbocycles. The monoisotopic (exact) mass is 252 g/mol. The first-order valence-corrected chi connectivity index (χ1v) is 6.09.